The van der Waals surface area contributed by atoms with Crippen LogP contribution in [-0.4, -0.2) is 129 Å². The average molecular weight is 1030 g/mol. The van der Waals surface area contributed by atoms with Crippen molar-refractivity contribution < 1.29 is 66.3 Å². The zero-order chi connectivity index (χ0) is 53.1. The normalized spacial score (nSPS) is 58.1. The van der Waals surface area contributed by atoms with E-state index in [9.17, 15) is 0 Å². The van der Waals surface area contributed by atoms with Gasteiger partial charge in [0.2, 0.25) is 0 Å². The number of hydrogen-bond donors (Lipinski definition) is 0. The molecule has 0 radical (unpaired) electrons. The first-order valence-corrected chi connectivity index (χ1v) is 29.1. The lowest BCUT2D eigenvalue weighted by molar-refractivity contribution is -0.364. The maximum absolute atomic E-state index is 6.97. The monoisotopic (exact) mass is 1020 g/mol. The fourth-order valence-electron chi connectivity index (χ4n) is 13.5. The topological polar surface area (TPSA) is 129 Å². The van der Waals surface area contributed by atoms with Crippen molar-refractivity contribution in [3.8, 4) is 0 Å². The first kappa shape index (κ1) is 59.1. The second kappa shape index (κ2) is 24.2. The van der Waals surface area contributed by atoms with E-state index < -0.39 is 44.0 Å². The summed E-state index contributed by atoms with van der Waals surface area (Å²) in [4.78, 5) is 0. The highest BCUT2D eigenvalue weighted by atomic mass is 16.8. The minimum atomic E-state index is -0.419. The molecule has 21 fully saturated rings. The van der Waals surface area contributed by atoms with Crippen LogP contribution in [0.4, 0.5) is 0 Å². The molecule has 0 spiro atoms. The first-order chi connectivity index (χ1) is 33.9. The van der Waals surface area contributed by atoms with Crippen molar-refractivity contribution in [2.24, 2.45) is 82.9 Å². The quantitative estimate of drug-likeness (QED) is 0.228. The first-order valence-electron chi connectivity index (χ1n) is 29.1. The summed E-state index contributed by atoms with van der Waals surface area (Å²) in [5.41, 5.74) is 0. The van der Waals surface area contributed by atoms with E-state index in [1.54, 1.807) is 0 Å². The van der Waals surface area contributed by atoms with E-state index in [-0.39, 0.29) is 168 Å². The van der Waals surface area contributed by atoms with Gasteiger partial charge in [-0.3, -0.25) is 0 Å². The summed E-state index contributed by atoms with van der Waals surface area (Å²) < 4.78 is 96.1. The van der Waals surface area contributed by atoms with E-state index in [4.69, 9.17) is 66.3 Å². The molecule has 0 aromatic heterocycles. The fraction of sp³-hybridized carbons (Fsp3) is 1.00. The van der Waals surface area contributed by atoms with Gasteiger partial charge >= 0.3 is 0 Å². The summed E-state index contributed by atoms with van der Waals surface area (Å²) >= 11 is 0. The molecule has 0 aromatic rings. The van der Waals surface area contributed by atoms with Gasteiger partial charge in [-0.25, -0.2) is 0 Å². The van der Waals surface area contributed by atoms with Gasteiger partial charge in [-0.2, -0.15) is 0 Å². The molecule has 14 heteroatoms. The van der Waals surface area contributed by atoms with Gasteiger partial charge in [0.25, 0.3) is 0 Å². The van der Waals surface area contributed by atoms with Crippen molar-refractivity contribution in [3.05, 3.63) is 0 Å². The van der Waals surface area contributed by atoms with Gasteiger partial charge in [0.15, 0.2) is 44.0 Å². The molecule has 0 saturated carbocycles. The Kier molecular flexibility index (Phi) is 19.9. The second-order valence-electron chi connectivity index (χ2n) is 24.7. The van der Waals surface area contributed by atoms with Crippen molar-refractivity contribution in [1.82, 2.24) is 0 Å². The highest BCUT2D eigenvalue weighted by molar-refractivity contribution is 4.96. The van der Waals surface area contributed by atoms with Crippen LogP contribution in [0.2, 0.25) is 0 Å². The molecule has 0 aliphatic carbocycles. The predicted molar refractivity (Wildman–Crippen MR) is 274 cm³/mol. The molecular weight excluding hydrogens is 921 g/mol. The molecule has 21 saturated heterocycles. The fourth-order valence-corrected chi connectivity index (χ4v) is 13.5. The lowest BCUT2D eigenvalue weighted by Gasteiger charge is -2.51. The van der Waals surface area contributed by atoms with Crippen LogP contribution >= 0.6 is 0 Å². The molecular formula is C58H104O14. The molecule has 14 bridgehead atoms. The number of rotatable bonds is 0. The van der Waals surface area contributed by atoms with Crippen LogP contribution in [0, 0.1) is 82.9 Å². The molecule has 14 unspecified atom stereocenters. The Morgan fingerprint density at radius 2 is 0.236 bits per heavy atom. The Bertz CT molecular complexity index is 1360. The van der Waals surface area contributed by atoms with E-state index in [1.807, 2.05) is 13.8 Å². The van der Waals surface area contributed by atoms with Crippen LogP contribution in [0.5, 0.6) is 0 Å². The predicted octanol–water partition coefficient (Wildman–Crippen LogP) is 10.8. The van der Waals surface area contributed by atoms with Crippen molar-refractivity contribution in [1.29, 1.82) is 0 Å². The van der Waals surface area contributed by atoms with E-state index >= 15 is 0 Å². The van der Waals surface area contributed by atoms with Crippen molar-refractivity contribution >= 4 is 0 Å². The summed E-state index contributed by atoms with van der Waals surface area (Å²) in [5.74, 6) is 1.37. The van der Waals surface area contributed by atoms with E-state index in [1.165, 1.54) is 0 Å². The highest BCUT2D eigenvalue weighted by Gasteiger charge is 2.54. The van der Waals surface area contributed by atoms with E-state index in [0.717, 1.165) is 0 Å². The zero-order valence-corrected chi connectivity index (χ0v) is 48.9. The van der Waals surface area contributed by atoms with Gasteiger partial charge in [-0.1, -0.05) is 111 Å². The standard InChI is InChI=1S/C56H98O14.C2H6/c1-22-29(8)50-57-36(15)43(22)64-51-30(9)23(2)45(38(17)58-51)66-53-32(11)25(4)47(40(19)60-53)68-55-34(13)27(6)49(42(21)62-55)70-56-35(14)28(7)48(41(20)63-56)69-54-33(12)26(5)46(39(18)61-54)67-52-31(10)24(3)44(65-50)37(16)59-52;1-2/h22-56H,1-21H3;1-2H3/t22-,23-,24-,25-,26-,27-,28-,29?,30?,31?,32?,33?,34?,35?,36?,37?,38?,39?,40?,41?,42?,43+,44+,45+,46+,47+,48+,49+,50-,51-,52+,53+,54-,55-,56+;/m1./s1. The molecule has 35 atom stereocenters. The maximum Gasteiger partial charge on any atom is 0.161 e. The molecule has 0 aromatic carbocycles. The van der Waals surface area contributed by atoms with Gasteiger partial charge in [-0.05, 0) is 89.9 Å². The number of hydrogen-bond acceptors (Lipinski definition) is 14. The van der Waals surface area contributed by atoms with Crippen LogP contribution in [0.15, 0.2) is 0 Å². The summed E-state index contributed by atoms with van der Waals surface area (Å²) in [5, 5.41) is 0. The van der Waals surface area contributed by atoms with Crippen LogP contribution in [0.25, 0.3) is 0 Å². The van der Waals surface area contributed by atoms with Crippen LogP contribution in [0.1, 0.15) is 159 Å². The minimum Gasteiger partial charge on any atom is -0.347 e. The van der Waals surface area contributed by atoms with Gasteiger partial charge in [-0.15, -0.1) is 0 Å². The summed E-state index contributed by atoms with van der Waals surface area (Å²) in [7, 11) is 0. The third kappa shape index (κ3) is 11.6. The SMILES string of the molecule is CC.CC1[C@@H]2OC(C)[C@@H](O[C@H]3OC(C)[C@@H](O[C@@H]4OC(C)[C@@H](O[C@H]5OC(C)[C@@H](O[C@@H]6OC(C)[C@@H](O[C@H]7OC(C)[C@@H](O[C@@H]8OC(C)[C@@H](O2)[C@H](C)C8C)[C@H](C)C7C)[C@H](C)C6C)[C@H](C)C5C)[C@H](C)C4C)[C@H](C)C3C)[C@@H]1C. The molecule has 0 amide bonds. The average Bonchev–Trinajstić information content (AvgIpc) is 3.34. The zero-order valence-electron chi connectivity index (χ0n) is 48.9. The minimum absolute atomic E-state index is 0.0576. The van der Waals surface area contributed by atoms with Gasteiger partial charge < -0.3 is 66.3 Å². The van der Waals surface area contributed by atoms with Crippen molar-refractivity contribution in [3.63, 3.8) is 0 Å². The van der Waals surface area contributed by atoms with Gasteiger partial charge in [0.05, 0.1) is 85.5 Å². The maximum atomic E-state index is 6.97. The molecule has 0 N–H and O–H groups in total. The molecule has 21 aliphatic heterocycles. The van der Waals surface area contributed by atoms with E-state index in [0.29, 0.717) is 0 Å². The molecule has 420 valence electrons. The summed E-state index contributed by atoms with van der Waals surface area (Å²) in [6, 6.07) is 0. The van der Waals surface area contributed by atoms with Crippen LogP contribution < -0.4 is 0 Å². The Hall–Kier alpha value is -0.560. The highest BCUT2D eigenvalue weighted by Crippen LogP contribution is 2.46. The smallest absolute Gasteiger partial charge is 0.161 e. The van der Waals surface area contributed by atoms with Gasteiger partial charge in [0.1, 0.15) is 0 Å². The lowest BCUT2D eigenvalue weighted by Crippen LogP contribution is -2.59. The Morgan fingerprint density at radius 3 is 0.333 bits per heavy atom. The van der Waals surface area contributed by atoms with Gasteiger partial charge in [0, 0.05) is 41.4 Å². The largest absolute Gasteiger partial charge is 0.347 e. The van der Waals surface area contributed by atoms with Crippen LogP contribution in [0.3, 0.4) is 0 Å². The molecule has 21 aliphatic rings. The summed E-state index contributed by atoms with van der Waals surface area (Å²) in [6.07, 6.45) is -5.78. The Morgan fingerprint density at radius 1 is 0.139 bits per heavy atom. The third-order valence-corrected chi connectivity index (χ3v) is 20.2. The Balaban J connectivity index is 0.00000376. The van der Waals surface area contributed by atoms with Crippen molar-refractivity contribution in [2.45, 2.75) is 289 Å². The molecule has 21 rings (SSSR count). The number of ether oxygens (including phenoxy) is 14. The summed E-state index contributed by atoms with van der Waals surface area (Å²) in [6.45, 7) is 50.0. The second-order valence-corrected chi connectivity index (χ2v) is 24.7. The molecule has 14 nitrogen and oxygen atoms in total. The third-order valence-electron chi connectivity index (χ3n) is 20.2. The van der Waals surface area contributed by atoms with E-state index in [2.05, 4.69) is 145 Å². The van der Waals surface area contributed by atoms with Crippen molar-refractivity contribution in [2.75, 3.05) is 0 Å². The molecule has 21 heterocycles. The Labute approximate surface area is 436 Å². The molecule has 72 heavy (non-hydrogen) atoms. The van der Waals surface area contributed by atoms with Crippen LogP contribution in [-0.2, 0) is 66.3 Å². The lowest BCUT2D eigenvalue weighted by atomic mass is 9.81.